The Morgan fingerprint density at radius 2 is 1.67 bits per heavy atom. The van der Waals surface area contributed by atoms with Gasteiger partial charge in [-0.2, -0.15) is 5.10 Å². The van der Waals surface area contributed by atoms with Crippen molar-refractivity contribution in [3.8, 4) is 5.75 Å². The van der Waals surface area contributed by atoms with Crippen LogP contribution >= 0.6 is 23.2 Å². The maximum absolute atomic E-state index is 12.4. The molecule has 0 aliphatic heterocycles. The lowest BCUT2D eigenvalue weighted by molar-refractivity contribution is 0.0950. The first kappa shape index (κ1) is 19.0. The van der Waals surface area contributed by atoms with Crippen molar-refractivity contribution in [2.24, 2.45) is 5.10 Å². The second kappa shape index (κ2) is 9.21. The summed E-state index contributed by atoms with van der Waals surface area (Å²) in [6.45, 7) is 0.324. The minimum Gasteiger partial charge on any atom is -0.488 e. The molecule has 3 aromatic rings. The maximum Gasteiger partial charge on any atom is 0.275 e. The van der Waals surface area contributed by atoms with Gasteiger partial charge in [0.05, 0.1) is 11.8 Å². The summed E-state index contributed by atoms with van der Waals surface area (Å²) in [6.07, 6.45) is 1.50. The van der Waals surface area contributed by atoms with E-state index in [-0.39, 0.29) is 5.91 Å². The van der Waals surface area contributed by atoms with Crippen LogP contribution in [0.2, 0.25) is 10.0 Å². The second-order valence-electron chi connectivity index (χ2n) is 5.63. The highest BCUT2D eigenvalue weighted by Gasteiger charge is 2.11. The van der Waals surface area contributed by atoms with Gasteiger partial charge >= 0.3 is 0 Å². The van der Waals surface area contributed by atoms with Gasteiger partial charge < -0.3 is 4.74 Å². The first-order valence-corrected chi connectivity index (χ1v) is 8.93. The number of ether oxygens (including phenoxy) is 1. The van der Waals surface area contributed by atoms with Crippen LogP contribution < -0.4 is 10.2 Å². The van der Waals surface area contributed by atoms with E-state index in [0.29, 0.717) is 33.5 Å². The summed E-state index contributed by atoms with van der Waals surface area (Å²) in [7, 11) is 0. The van der Waals surface area contributed by atoms with Crippen molar-refractivity contribution >= 4 is 35.3 Å². The van der Waals surface area contributed by atoms with Gasteiger partial charge in [0.2, 0.25) is 0 Å². The molecule has 0 aromatic heterocycles. The molecule has 0 spiro atoms. The predicted octanol–water partition coefficient (Wildman–Crippen LogP) is 5.34. The van der Waals surface area contributed by atoms with Gasteiger partial charge in [-0.05, 0) is 35.9 Å². The fourth-order valence-electron chi connectivity index (χ4n) is 2.32. The van der Waals surface area contributed by atoms with Crippen LogP contribution in [0.25, 0.3) is 0 Å². The summed E-state index contributed by atoms with van der Waals surface area (Å²) in [5.74, 6) is 0.0999. The minimum absolute atomic E-state index is 0.324. The molecular weight excluding hydrogens is 383 g/mol. The second-order valence-corrected chi connectivity index (χ2v) is 6.48. The Bertz CT molecular complexity index is 956. The quantitative estimate of drug-likeness (QED) is 0.450. The first-order chi connectivity index (χ1) is 13.1. The lowest BCUT2D eigenvalue weighted by atomic mass is 10.2. The third-order valence-corrected chi connectivity index (χ3v) is 4.31. The van der Waals surface area contributed by atoms with Crippen LogP contribution in [0.5, 0.6) is 5.75 Å². The predicted molar refractivity (Wildman–Crippen MR) is 109 cm³/mol. The van der Waals surface area contributed by atoms with Crippen LogP contribution in [0.4, 0.5) is 0 Å². The molecule has 0 aliphatic rings. The number of para-hydroxylation sites is 1. The summed E-state index contributed by atoms with van der Waals surface area (Å²) < 4.78 is 5.79. The molecule has 3 rings (SSSR count). The number of benzene rings is 3. The Hall–Kier alpha value is -2.82. The molecule has 1 N–H and O–H groups in total. The number of nitrogens with zero attached hydrogens (tertiary/aromatic N) is 1. The topological polar surface area (TPSA) is 50.7 Å². The Kier molecular flexibility index (Phi) is 6.47. The van der Waals surface area contributed by atoms with Crippen molar-refractivity contribution < 1.29 is 9.53 Å². The molecule has 0 radical (unpaired) electrons. The van der Waals surface area contributed by atoms with E-state index in [2.05, 4.69) is 10.5 Å². The van der Waals surface area contributed by atoms with E-state index in [1.165, 1.54) is 6.21 Å². The number of hydrazone groups is 1. The molecule has 136 valence electrons. The molecule has 6 heteroatoms. The average molecular weight is 399 g/mol. The van der Waals surface area contributed by atoms with Crippen molar-refractivity contribution in [2.75, 3.05) is 0 Å². The van der Waals surface area contributed by atoms with Crippen LogP contribution in [-0.4, -0.2) is 12.1 Å². The molecule has 0 fully saturated rings. The number of nitrogens with one attached hydrogen (secondary N) is 1. The van der Waals surface area contributed by atoms with Gasteiger partial charge in [0, 0.05) is 15.6 Å². The minimum atomic E-state index is -0.370. The van der Waals surface area contributed by atoms with Crippen molar-refractivity contribution in [1.29, 1.82) is 0 Å². The van der Waals surface area contributed by atoms with Crippen molar-refractivity contribution in [3.63, 3.8) is 0 Å². The van der Waals surface area contributed by atoms with E-state index < -0.39 is 0 Å². The molecule has 0 heterocycles. The molecule has 0 atom stereocenters. The van der Waals surface area contributed by atoms with Gasteiger partial charge in [0.1, 0.15) is 12.4 Å². The van der Waals surface area contributed by atoms with Gasteiger partial charge in [-0.1, -0.05) is 65.7 Å². The van der Waals surface area contributed by atoms with E-state index in [9.17, 15) is 4.79 Å². The van der Waals surface area contributed by atoms with Crippen LogP contribution in [-0.2, 0) is 6.61 Å². The number of carbonyl (C=O) groups is 1. The summed E-state index contributed by atoms with van der Waals surface area (Å²) in [4.78, 5) is 12.4. The third kappa shape index (κ3) is 5.33. The summed E-state index contributed by atoms with van der Waals surface area (Å²) >= 11 is 11.9. The van der Waals surface area contributed by atoms with Crippen LogP contribution in [0.1, 0.15) is 21.5 Å². The van der Waals surface area contributed by atoms with Crippen molar-refractivity contribution in [2.45, 2.75) is 6.61 Å². The average Bonchev–Trinajstić information content (AvgIpc) is 2.69. The van der Waals surface area contributed by atoms with Gasteiger partial charge in [0.15, 0.2) is 0 Å². The van der Waals surface area contributed by atoms with Gasteiger partial charge in [0.25, 0.3) is 5.91 Å². The first-order valence-electron chi connectivity index (χ1n) is 8.17. The van der Waals surface area contributed by atoms with Crippen LogP contribution in [0.15, 0.2) is 77.9 Å². The van der Waals surface area contributed by atoms with E-state index >= 15 is 0 Å². The zero-order valence-corrected chi connectivity index (χ0v) is 15.7. The molecular formula is C21H16Cl2N2O2. The largest absolute Gasteiger partial charge is 0.488 e. The van der Waals surface area contributed by atoms with Crippen LogP contribution in [0.3, 0.4) is 0 Å². The third-order valence-electron chi connectivity index (χ3n) is 3.71. The molecule has 0 saturated carbocycles. The lowest BCUT2D eigenvalue weighted by Gasteiger charge is -2.10. The molecule has 0 unspecified atom stereocenters. The monoisotopic (exact) mass is 398 g/mol. The molecule has 1 amide bonds. The van der Waals surface area contributed by atoms with Gasteiger partial charge in [-0.25, -0.2) is 5.43 Å². The lowest BCUT2D eigenvalue weighted by Crippen LogP contribution is -2.18. The van der Waals surface area contributed by atoms with E-state index in [0.717, 1.165) is 5.56 Å². The van der Waals surface area contributed by atoms with E-state index in [1.807, 2.05) is 24.3 Å². The molecule has 4 nitrogen and oxygen atoms in total. The zero-order valence-electron chi connectivity index (χ0n) is 14.2. The fourth-order valence-corrected chi connectivity index (χ4v) is 2.63. The maximum atomic E-state index is 12.4. The Morgan fingerprint density at radius 1 is 0.963 bits per heavy atom. The van der Waals surface area contributed by atoms with E-state index in [1.54, 1.807) is 48.5 Å². The number of rotatable bonds is 6. The summed E-state index contributed by atoms with van der Waals surface area (Å²) in [5, 5.41) is 5.19. The zero-order chi connectivity index (χ0) is 19.1. The highest BCUT2D eigenvalue weighted by atomic mass is 35.5. The highest BCUT2D eigenvalue weighted by molar-refractivity contribution is 6.33. The molecule has 0 aliphatic carbocycles. The Balaban J connectivity index is 1.66. The number of hydrogen-bond acceptors (Lipinski definition) is 3. The highest BCUT2D eigenvalue weighted by Crippen LogP contribution is 2.20. The molecule has 3 aromatic carbocycles. The van der Waals surface area contributed by atoms with Gasteiger partial charge in [-0.3, -0.25) is 4.79 Å². The SMILES string of the molecule is O=C(N/N=C/c1ccccc1Cl)c1ccccc1OCc1ccc(Cl)cc1. The number of carbonyl (C=O) groups excluding carboxylic acids is 1. The summed E-state index contributed by atoms with van der Waals surface area (Å²) in [5.41, 5.74) is 4.55. The number of amides is 1. The van der Waals surface area contributed by atoms with E-state index in [4.69, 9.17) is 27.9 Å². The fraction of sp³-hybridized carbons (Fsp3) is 0.0476. The van der Waals surface area contributed by atoms with Gasteiger partial charge in [-0.15, -0.1) is 0 Å². The standard InChI is InChI=1S/C21H16Cl2N2O2/c22-17-11-9-15(10-12-17)14-27-20-8-4-2-6-18(20)21(26)25-24-13-16-5-1-3-7-19(16)23/h1-13H,14H2,(H,25,26)/b24-13+. The smallest absolute Gasteiger partial charge is 0.275 e. The molecule has 0 bridgehead atoms. The Labute approximate surface area is 167 Å². The molecule has 0 saturated heterocycles. The van der Waals surface area contributed by atoms with Crippen LogP contribution in [0, 0.1) is 0 Å². The summed E-state index contributed by atoms with van der Waals surface area (Å²) in [6, 6.07) is 21.6. The normalized spacial score (nSPS) is 10.7. The number of halogens is 2. The van der Waals surface area contributed by atoms with Crippen molar-refractivity contribution in [1.82, 2.24) is 5.43 Å². The van der Waals surface area contributed by atoms with Crippen molar-refractivity contribution in [3.05, 3.63) is 99.5 Å². The Morgan fingerprint density at radius 3 is 2.44 bits per heavy atom. The number of hydrogen-bond donors (Lipinski definition) is 1. The molecule has 27 heavy (non-hydrogen) atoms.